The van der Waals surface area contributed by atoms with Crippen LogP contribution < -0.4 is 10.1 Å². The van der Waals surface area contributed by atoms with Crippen molar-refractivity contribution < 1.29 is 4.74 Å². The van der Waals surface area contributed by atoms with E-state index in [0.717, 1.165) is 17.9 Å². The summed E-state index contributed by atoms with van der Waals surface area (Å²) in [5, 5.41) is 4.20. The van der Waals surface area contributed by atoms with Crippen LogP contribution in [-0.4, -0.2) is 6.61 Å². The molecule has 0 spiro atoms. The van der Waals surface area contributed by atoms with Crippen LogP contribution >= 0.6 is 22.9 Å². The summed E-state index contributed by atoms with van der Waals surface area (Å²) in [7, 11) is 0. The number of benzene rings is 1. The molecule has 108 valence electrons. The Hall–Kier alpha value is -1.19. The lowest BCUT2D eigenvalue weighted by molar-refractivity contribution is 0.341. The quantitative estimate of drug-likeness (QED) is 0.757. The second-order valence-electron chi connectivity index (χ2n) is 4.60. The molecule has 0 aliphatic carbocycles. The Morgan fingerprint density at radius 2 is 2.05 bits per heavy atom. The van der Waals surface area contributed by atoms with Crippen molar-refractivity contribution in [1.82, 2.24) is 0 Å². The van der Waals surface area contributed by atoms with E-state index in [-0.39, 0.29) is 6.04 Å². The first-order chi connectivity index (χ1) is 9.63. The van der Waals surface area contributed by atoms with E-state index in [1.807, 2.05) is 36.5 Å². The van der Waals surface area contributed by atoms with Gasteiger partial charge in [0.15, 0.2) is 0 Å². The van der Waals surface area contributed by atoms with Crippen LogP contribution in [0.25, 0.3) is 0 Å². The average Bonchev–Trinajstić information content (AvgIpc) is 2.91. The fourth-order valence-corrected chi connectivity index (χ4v) is 3.15. The molecule has 20 heavy (non-hydrogen) atoms. The molecule has 0 aliphatic heterocycles. The number of hydrogen-bond donors (Lipinski definition) is 1. The standard InChI is InChI=1S/C16H20ClNOS/c1-4-13-7-9-16(20-13)11(3)18-14-10-12(17)6-8-15(14)19-5-2/h6-11,18H,4-5H2,1-3H3. The van der Waals surface area contributed by atoms with Crippen molar-refractivity contribution in [3.05, 3.63) is 45.1 Å². The van der Waals surface area contributed by atoms with Crippen molar-refractivity contribution in [2.45, 2.75) is 33.2 Å². The Morgan fingerprint density at radius 3 is 2.70 bits per heavy atom. The molecule has 1 atom stereocenters. The molecular weight excluding hydrogens is 290 g/mol. The molecule has 1 heterocycles. The Morgan fingerprint density at radius 1 is 1.25 bits per heavy atom. The lowest BCUT2D eigenvalue weighted by Crippen LogP contribution is -2.07. The fraction of sp³-hybridized carbons (Fsp3) is 0.375. The molecule has 0 aliphatic rings. The summed E-state index contributed by atoms with van der Waals surface area (Å²) in [5.74, 6) is 0.844. The number of thiophene rings is 1. The van der Waals surface area contributed by atoms with Crippen molar-refractivity contribution >= 4 is 28.6 Å². The maximum atomic E-state index is 6.08. The maximum absolute atomic E-state index is 6.08. The van der Waals surface area contributed by atoms with Gasteiger partial charge in [0.1, 0.15) is 5.75 Å². The molecule has 0 bridgehead atoms. The van der Waals surface area contributed by atoms with Gasteiger partial charge in [-0.1, -0.05) is 18.5 Å². The highest BCUT2D eigenvalue weighted by Gasteiger charge is 2.11. The fourth-order valence-electron chi connectivity index (χ4n) is 2.02. The van der Waals surface area contributed by atoms with Gasteiger partial charge in [0.05, 0.1) is 18.3 Å². The molecule has 0 radical (unpaired) electrons. The highest BCUT2D eigenvalue weighted by atomic mass is 35.5. The van der Waals surface area contributed by atoms with Crippen LogP contribution in [-0.2, 0) is 6.42 Å². The summed E-state index contributed by atoms with van der Waals surface area (Å²) >= 11 is 7.93. The molecule has 1 unspecified atom stereocenters. The molecule has 1 aromatic carbocycles. The Bertz CT molecular complexity index is 567. The molecule has 0 saturated heterocycles. The summed E-state index contributed by atoms with van der Waals surface area (Å²) in [6.07, 6.45) is 1.08. The molecule has 1 aromatic heterocycles. The zero-order valence-corrected chi connectivity index (χ0v) is 13.6. The van der Waals surface area contributed by atoms with Crippen molar-refractivity contribution in [2.24, 2.45) is 0 Å². The third-order valence-electron chi connectivity index (χ3n) is 3.07. The third kappa shape index (κ3) is 3.68. The van der Waals surface area contributed by atoms with Gasteiger partial charge in [-0.15, -0.1) is 11.3 Å². The van der Waals surface area contributed by atoms with E-state index in [4.69, 9.17) is 16.3 Å². The maximum Gasteiger partial charge on any atom is 0.142 e. The predicted octanol–water partition coefficient (Wildman–Crippen LogP) is 5.54. The van der Waals surface area contributed by atoms with Gasteiger partial charge in [0.25, 0.3) is 0 Å². The molecule has 2 rings (SSSR count). The topological polar surface area (TPSA) is 21.3 Å². The molecule has 4 heteroatoms. The van der Waals surface area contributed by atoms with Gasteiger partial charge in [-0.2, -0.15) is 0 Å². The Balaban J connectivity index is 2.17. The zero-order chi connectivity index (χ0) is 14.5. The van der Waals surface area contributed by atoms with Crippen LogP contribution in [0.5, 0.6) is 5.75 Å². The molecule has 1 N–H and O–H groups in total. The first-order valence-electron chi connectivity index (χ1n) is 6.91. The van der Waals surface area contributed by atoms with Gasteiger partial charge in [-0.25, -0.2) is 0 Å². The molecular formula is C16H20ClNOS. The first-order valence-corrected chi connectivity index (χ1v) is 8.11. The van der Waals surface area contributed by atoms with E-state index in [1.165, 1.54) is 9.75 Å². The van der Waals surface area contributed by atoms with Gasteiger partial charge in [-0.05, 0) is 50.6 Å². The molecule has 0 amide bonds. The van der Waals surface area contributed by atoms with Gasteiger partial charge >= 0.3 is 0 Å². The monoisotopic (exact) mass is 309 g/mol. The number of nitrogens with one attached hydrogen (secondary N) is 1. The summed E-state index contributed by atoms with van der Waals surface area (Å²) in [6.45, 7) is 6.96. The predicted molar refractivity (Wildman–Crippen MR) is 88.4 cm³/mol. The normalized spacial score (nSPS) is 12.2. The van der Waals surface area contributed by atoms with Gasteiger partial charge in [0.2, 0.25) is 0 Å². The van der Waals surface area contributed by atoms with Crippen molar-refractivity contribution in [2.75, 3.05) is 11.9 Å². The Kier molecular flexibility index (Phi) is 5.32. The Labute approximate surface area is 129 Å². The SMILES string of the molecule is CCOc1ccc(Cl)cc1NC(C)c1ccc(CC)s1. The number of aryl methyl sites for hydroxylation is 1. The largest absolute Gasteiger partial charge is 0.492 e. The molecule has 2 nitrogen and oxygen atoms in total. The second kappa shape index (κ2) is 7.00. The molecule has 0 fully saturated rings. The lowest BCUT2D eigenvalue weighted by Gasteiger charge is -2.17. The van der Waals surface area contributed by atoms with E-state index < -0.39 is 0 Å². The van der Waals surface area contributed by atoms with Gasteiger partial charge in [-0.3, -0.25) is 0 Å². The van der Waals surface area contributed by atoms with Gasteiger partial charge in [0, 0.05) is 14.8 Å². The number of rotatable bonds is 6. The number of hydrogen-bond acceptors (Lipinski definition) is 3. The van der Waals surface area contributed by atoms with Gasteiger partial charge < -0.3 is 10.1 Å². The molecule has 0 saturated carbocycles. The van der Waals surface area contributed by atoms with Crippen molar-refractivity contribution in [3.63, 3.8) is 0 Å². The van der Waals surface area contributed by atoms with E-state index >= 15 is 0 Å². The minimum atomic E-state index is 0.234. The average molecular weight is 310 g/mol. The van der Waals surface area contributed by atoms with Crippen LogP contribution in [0.4, 0.5) is 5.69 Å². The van der Waals surface area contributed by atoms with Crippen LogP contribution in [0.2, 0.25) is 5.02 Å². The minimum absolute atomic E-state index is 0.234. The highest BCUT2D eigenvalue weighted by molar-refractivity contribution is 7.12. The highest BCUT2D eigenvalue weighted by Crippen LogP contribution is 2.33. The summed E-state index contributed by atoms with van der Waals surface area (Å²) in [4.78, 5) is 2.73. The smallest absolute Gasteiger partial charge is 0.142 e. The zero-order valence-electron chi connectivity index (χ0n) is 12.1. The summed E-state index contributed by atoms with van der Waals surface area (Å²) in [6, 6.07) is 10.3. The van der Waals surface area contributed by atoms with Crippen LogP contribution in [0.15, 0.2) is 30.3 Å². The second-order valence-corrected chi connectivity index (χ2v) is 6.23. The third-order valence-corrected chi connectivity index (χ3v) is 4.72. The van der Waals surface area contributed by atoms with E-state index in [0.29, 0.717) is 11.6 Å². The number of anilines is 1. The number of halogens is 1. The first kappa shape index (κ1) is 15.2. The minimum Gasteiger partial charge on any atom is -0.492 e. The van der Waals surface area contributed by atoms with Crippen LogP contribution in [0, 0.1) is 0 Å². The van der Waals surface area contributed by atoms with Crippen molar-refractivity contribution in [1.29, 1.82) is 0 Å². The van der Waals surface area contributed by atoms with Crippen LogP contribution in [0.3, 0.4) is 0 Å². The van der Waals surface area contributed by atoms with Crippen molar-refractivity contribution in [3.8, 4) is 5.75 Å². The lowest BCUT2D eigenvalue weighted by atomic mass is 10.2. The van der Waals surface area contributed by atoms with Crippen LogP contribution in [0.1, 0.15) is 36.6 Å². The summed E-state index contributed by atoms with van der Waals surface area (Å²) < 4.78 is 5.64. The van der Waals surface area contributed by atoms with E-state index in [9.17, 15) is 0 Å². The van der Waals surface area contributed by atoms with E-state index in [1.54, 1.807) is 0 Å². The van der Waals surface area contributed by atoms with E-state index in [2.05, 4.69) is 31.3 Å². The summed E-state index contributed by atoms with van der Waals surface area (Å²) in [5.41, 5.74) is 0.943. The molecule has 2 aromatic rings. The number of ether oxygens (including phenoxy) is 1.